The fourth-order valence-electron chi connectivity index (χ4n) is 4.05. The molecule has 0 bridgehead atoms. The fraction of sp³-hybridized carbons (Fsp3) is 0.304. The van der Waals surface area contributed by atoms with Crippen LogP contribution in [-0.2, 0) is 15.1 Å². The number of nitrogens with zero attached hydrogens (tertiary/aromatic N) is 7. The average Bonchev–Trinajstić information content (AvgIpc) is 3.57. The Labute approximate surface area is 199 Å². The number of carbonyl (C=O) groups is 1. The number of amides is 1. The van der Waals surface area contributed by atoms with Crippen molar-refractivity contribution in [3.05, 3.63) is 54.6 Å². The molecular weight excluding hydrogens is 452 g/mol. The molecule has 6 rings (SSSR count). The van der Waals surface area contributed by atoms with Crippen molar-refractivity contribution in [3.8, 4) is 22.8 Å². The highest BCUT2D eigenvalue weighted by molar-refractivity contribution is 5.87. The molecule has 12 heteroatoms. The Balaban J connectivity index is 1.23. The molecule has 12 nitrogen and oxygen atoms in total. The van der Waals surface area contributed by atoms with Gasteiger partial charge in [0.2, 0.25) is 11.5 Å². The lowest BCUT2D eigenvalue weighted by atomic mass is 9.98. The van der Waals surface area contributed by atoms with Gasteiger partial charge in [-0.2, -0.15) is 5.10 Å². The number of carbonyl (C=O) groups excluding carboxylic acids is 1. The third-order valence-corrected chi connectivity index (χ3v) is 6.20. The Morgan fingerprint density at radius 3 is 2.66 bits per heavy atom. The van der Waals surface area contributed by atoms with Gasteiger partial charge in [0.1, 0.15) is 5.69 Å². The summed E-state index contributed by atoms with van der Waals surface area (Å²) in [7, 11) is 1.64. The molecule has 2 aliphatic heterocycles. The molecule has 0 aromatic carbocycles. The van der Waals surface area contributed by atoms with E-state index in [0.717, 1.165) is 0 Å². The lowest BCUT2D eigenvalue weighted by Gasteiger charge is -2.25. The predicted molar refractivity (Wildman–Crippen MR) is 122 cm³/mol. The average molecular weight is 474 g/mol. The summed E-state index contributed by atoms with van der Waals surface area (Å²) in [6, 6.07) is 10.9. The second-order valence-corrected chi connectivity index (χ2v) is 8.58. The molecule has 0 radical (unpaired) electrons. The van der Waals surface area contributed by atoms with E-state index in [1.807, 2.05) is 29.1 Å². The number of likely N-dealkylation sites (tertiary alicyclic amines) is 1. The third-order valence-electron chi connectivity index (χ3n) is 6.20. The van der Waals surface area contributed by atoms with Crippen LogP contribution in [0.25, 0.3) is 22.8 Å². The minimum absolute atomic E-state index is 0.107. The Morgan fingerprint density at radius 2 is 1.91 bits per heavy atom. The number of anilines is 2. The quantitative estimate of drug-likeness (QED) is 0.424. The first-order valence-electron chi connectivity index (χ1n) is 11.2. The maximum Gasteiger partial charge on any atom is 0.262 e. The maximum atomic E-state index is 12.4. The van der Waals surface area contributed by atoms with E-state index in [4.69, 9.17) is 9.26 Å². The van der Waals surface area contributed by atoms with Gasteiger partial charge in [-0.15, -0.1) is 0 Å². The number of aromatic nitrogens is 6. The van der Waals surface area contributed by atoms with Gasteiger partial charge in [0, 0.05) is 44.5 Å². The normalized spacial score (nSPS) is 20.3. The van der Waals surface area contributed by atoms with E-state index in [1.165, 1.54) is 4.90 Å². The van der Waals surface area contributed by atoms with Crippen LogP contribution >= 0.6 is 0 Å². The van der Waals surface area contributed by atoms with E-state index >= 15 is 0 Å². The van der Waals surface area contributed by atoms with Gasteiger partial charge in [-0.05, 0) is 18.2 Å². The number of hydrogen-bond donors (Lipinski definition) is 2. The fourth-order valence-corrected chi connectivity index (χ4v) is 4.05. The topological polar surface area (TPSA) is 144 Å². The summed E-state index contributed by atoms with van der Waals surface area (Å²) in [5.41, 5.74) is 0.435. The molecule has 6 heterocycles. The molecule has 0 aliphatic carbocycles. The highest BCUT2D eigenvalue weighted by atomic mass is 16.5. The first-order valence-corrected chi connectivity index (χ1v) is 11.2. The summed E-state index contributed by atoms with van der Waals surface area (Å²) in [5.74, 6) is 0.722. The highest BCUT2D eigenvalue weighted by Crippen LogP contribution is 2.34. The van der Waals surface area contributed by atoms with Crippen molar-refractivity contribution in [2.45, 2.75) is 18.1 Å². The first kappa shape index (κ1) is 21.4. The van der Waals surface area contributed by atoms with Gasteiger partial charge in [0.05, 0.1) is 36.3 Å². The van der Waals surface area contributed by atoms with E-state index in [1.54, 1.807) is 31.4 Å². The summed E-state index contributed by atoms with van der Waals surface area (Å²) >= 11 is 0. The Bertz CT molecular complexity index is 1400. The molecule has 0 spiro atoms. The predicted octanol–water partition coefficient (Wildman–Crippen LogP) is 1.75. The second kappa shape index (κ2) is 8.25. The van der Waals surface area contributed by atoms with Gasteiger partial charge in [0.25, 0.3) is 5.91 Å². The van der Waals surface area contributed by atoms with Crippen LogP contribution in [0.1, 0.15) is 18.2 Å². The number of aliphatic hydroxyl groups is 1. The summed E-state index contributed by atoms with van der Waals surface area (Å²) < 4.78 is 12.4. The molecule has 2 saturated heterocycles. The number of likely N-dealkylation sites (N-methyl/N-ethyl adjacent to an activating group) is 1. The lowest BCUT2D eigenvalue weighted by Crippen LogP contribution is -2.35. The minimum Gasteiger partial charge on any atom is -0.377 e. The number of pyridine rings is 1. The van der Waals surface area contributed by atoms with Crippen LogP contribution in [0, 0.1) is 0 Å². The molecule has 4 aromatic rings. The summed E-state index contributed by atoms with van der Waals surface area (Å²) in [6.07, 6.45) is 3.78. The molecule has 2 aliphatic rings. The van der Waals surface area contributed by atoms with E-state index in [2.05, 4.69) is 30.5 Å². The third kappa shape index (κ3) is 3.82. The van der Waals surface area contributed by atoms with Gasteiger partial charge >= 0.3 is 0 Å². The summed E-state index contributed by atoms with van der Waals surface area (Å²) in [5, 5.41) is 22.5. The van der Waals surface area contributed by atoms with E-state index in [-0.39, 0.29) is 18.2 Å². The second-order valence-electron chi connectivity index (χ2n) is 8.58. The summed E-state index contributed by atoms with van der Waals surface area (Å²) in [4.78, 5) is 27.3. The van der Waals surface area contributed by atoms with Crippen LogP contribution < -0.4 is 5.32 Å². The number of ether oxygens (including phenoxy) is 1. The van der Waals surface area contributed by atoms with Gasteiger partial charge in [-0.1, -0.05) is 11.2 Å². The molecule has 1 atom stereocenters. The zero-order chi connectivity index (χ0) is 24.0. The Morgan fingerprint density at radius 1 is 1.11 bits per heavy atom. The van der Waals surface area contributed by atoms with Crippen LogP contribution in [0.15, 0.2) is 53.3 Å². The zero-order valence-corrected chi connectivity index (χ0v) is 18.8. The van der Waals surface area contributed by atoms with Crippen LogP contribution in [0.2, 0.25) is 0 Å². The summed E-state index contributed by atoms with van der Waals surface area (Å²) in [6.45, 7) is 1.77. The van der Waals surface area contributed by atoms with Crippen LogP contribution in [-0.4, -0.2) is 72.6 Å². The van der Waals surface area contributed by atoms with Crippen molar-refractivity contribution in [2.75, 3.05) is 32.1 Å². The molecule has 0 saturated carbocycles. The van der Waals surface area contributed by atoms with Crippen molar-refractivity contribution in [2.24, 2.45) is 0 Å². The number of rotatable bonds is 6. The molecular formula is C23H22N8O4. The van der Waals surface area contributed by atoms with Crippen molar-refractivity contribution >= 4 is 17.7 Å². The Kier molecular flexibility index (Phi) is 5.04. The van der Waals surface area contributed by atoms with Crippen molar-refractivity contribution in [1.29, 1.82) is 0 Å². The van der Waals surface area contributed by atoms with E-state index < -0.39 is 11.5 Å². The molecule has 178 valence electrons. The number of nitrogens with one attached hydrogen (secondary N) is 1. The van der Waals surface area contributed by atoms with Crippen LogP contribution in [0.4, 0.5) is 11.8 Å². The monoisotopic (exact) mass is 474 g/mol. The van der Waals surface area contributed by atoms with Crippen LogP contribution in [0.3, 0.4) is 0 Å². The first-order chi connectivity index (χ1) is 17.0. The number of hydrogen-bond acceptors (Lipinski definition) is 10. The molecule has 1 amide bonds. The SMILES string of the molecule is CN1CCC(O)(c2cc(-c3cccc(-c4ccnc(Nc5ccn(C6COC6)n5)n4)n3)no2)C1=O. The van der Waals surface area contributed by atoms with Gasteiger partial charge in [-0.3, -0.25) is 9.48 Å². The van der Waals surface area contributed by atoms with Crippen molar-refractivity contribution in [1.82, 2.24) is 34.8 Å². The van der Waals surface area contributed by atoms with Crippen molar-refractivity contribution < 1.29 is 19.2 Å². The van der Waals surface area contributed by atoms with Crippen LogP contribution in [0.5, 0.6) is 0 Å². The highest BCUT2D eigenvalue weighted by Gasteiger charge is 2.48. The lowest BCUT2D eigenvalue weighted by molar-refractivity contribution is -0.144. The van der Waals surface area contributed by atoms with E-state index in [0.29, 0.717) is 54.3 Å². The zero-order valence-electron chi connectivity index (χ0n) is 18.8. The maximum absolute atomic E-state index is 12.4. The largest absolute Gasteiger partial charge is 0.377 e. The molecule has 2 fully saturated rings. The smallest absolute Gasteiger partial charge is 0.262 e. The van der Waals surface area contributed by atoms with Gasteiger partial charge in [0.15, 0.2) is 11.6 Å². The standard InChI is InChI=1S/C23H22N8O4/c1-30-10-7-23(33,21(30)32)19-11-18(29-35-19)16-4-2-3-15(25-16)17-5-8-24-22(26-17)27-20-6-9-31(28-20)14-12-34-13-14/h2-6,8-9,11,14,33H,7,10,12-13H2,1H3,(H,24,26,27,28). The molecule has 1 unspecified atom stereocenters. The molecule has 2 N–H and O–H groups in total. The minimum atomic E-state index is -1.70. The molecule has 4 aromatic heterocycles. The van der Waals surface area contributed by atoms with Crippen molar-refractivity contribution in [3.63, 3.8) is 0 Å². The Hall–Kier alpha value is -4.16. The van der Waals surface area contributed by atoms with Gasteiger partial charge < -0.3 is 24.6 Å². The van der Waals surface area contributed by atoms with Gasteiger partial charge in [-0.25, -0.2) is 15.0 Å². The molecule has 35 heavy (non-hydrogen) atoms. The van der Waals surface area contributed by atoms with E-state index in [9.17, 15) is 9.90 Å².